The van der Waals surface area contributed by atoms with Crippen LogP contribution >= 0.6 is 11.6 Å². The number of carbonyl (C=O) groups is 2. The van der Waals surface area contributed by atoms with Crippen LogP contribution in [0.2, 0.25) is 5.02 Å². The Balaban J connectivity index is 1.69. The van der Waals surface area contributed by atoms with Crippen LogP contribution in [0.4, 0.5) is 5.69 Å². The topological polar surface area (TPSA) is 67.9 Å². The van der Waals surface area contributed by atoms with Gasteiger partial charge < -0.3 is 19.7 Å². The standard InChI is InChI=1S/C21H23ClN2O4/c1-14-13-16(7-8-18(14)22)28-15(2)20(25)23-19-6-4-3-5-17(19)21(26)24-9-11-27-12-10-24/h3-8,13,15H,9-12H2,1-2H3,(H,23,25)/t15-/m0/s1. The number of halogens is 1. The van der Waals surface area contributed by atoms with Crippen molar-refractivity contribution in [2.75, 3.05) is 31.6 Å². The van der Waals surface area contributed by atoms with E-state index in [9.17, 15) is 9.59 Å². The van der Waals surface area contributed by atoms with E-state index in [1.54, 1.807) is 54.3 Å². The molecule has 0 unspecified atom stereocenters. The summed E-state index contributed by atoms with van der Waals surface area (Å²) in [6.07, 6.45) is -0.743. The molecule has 1 aliphatic heterocycles. The lowest BCUT2D eigenvalue weighted by atomic mass is 10.1. The van der Waals surface area contributed by atoms with Crippen molar-refractivity contribution in [3.8, 4) is 5.75 Å². The average molecular weight is 403 g/mol. The van der Waals surface area contributed by atoms with Gasteiger partial charge >= 0.3 is 0 Å². The summed E-state index contributed by atoms with van der Waals surface area (Å²) >= 11 is 6.02. The second-order valence-corrected chi connectivity index (χ2v) is 7.02. The number of nitrogens with one attached hydrogen (secondary N) is 1. The summed E-state index contributed by atoms with van der Waals surface area (Å²) in [6, 6.07) is 12.2. The zero-order valence-corrected chi connectivity index (χ0v) is 16.7. The van der Waals surface area contributed by atoms with Gasteiger partial charge in [0, 0.05) is 18.1 Å². The third kappa shape index (κ3) is 4.82. The Morgan fingerprint density at radius 1 is 1.18 bits per heavy atom. The molecular weight excluding hydrogens is 380 g/mol. The SMILES string of the molecule is Cc1cc(O[C@@H](C)C(=O)Nc2ccccc2C(=O)N2CCOCC2)ccc1Cl. The van der Waals surface area contributed by atoms with Gasteiger partial charge in [0.2, 0.25) is 0 Å². The largest absolute Gasteiger partial charge is 0.481 e. The number of rotatable bonds is 5. The van der Waals surface area contributed by atoms with Gasteiger partial charge in [0.1, 0.15) is 5.75 Å². The van der Waals surface area contributed by atoms with Crippen molar-refractivity contribution in [2.45, 2.75) is 20.0 Å². The fourth-order valence-corrected chi connectivity index (χ4v) is 3.02. The highest BCUT2D eigenvalue weighted by molar-refractivity contribution is 6.31. The van der Waals surface area contributed by atoms with Crippen LogP contribution in [0, 0.1) is 6.92 Å². The summed E-state index contributed by atoms with van der Waals surface area (Å²) in [5, 5.41) is 3.45. The molecule has 1 saturated heterocycles. The minimum atomic E-state index is -0.743. The molecule has 2 aromatic carbocycles. The molecule has 1 heterocycles. The maximum atomic E-state index is 12.8. The number of anilines is 1. The van der Waals surface area contributed by atoms with Crippen LogP contribution < -0.4 is 10.1 Å². The lowest BCUT2D eigenvalue weighted by Crippen LogP contribution is -2.41. The van der Waals surface area contributed by atoms with Crippen molar-refractivity contribution in [3.63, 3.8) is 0 Å². The van der Waals surface area contributed by atoms with E-state index in [1.807, 2.05) is 6.92 Å². The first-order valence-corrected chi connectivity index (χ1v) is 9.53. The van der Waals surface area contributed by atoms with Crippen molar-refractivity contribution in [3.05, 3.63) is 58.6 Å². The lowest BCUT2D eigenvalue weighted by molar-refractivity contribution is -0.122. The summed E-state index contributed by atoms with van der Waals surface area (Å²) in [5.74, 6) is 0.0955. The third-order valence-electron chi connectivity index (χ3n) is 4.53. The second kappa shape index (κ2) is 9.08. The molecule has 0 radical (unpaired) electrons. The van der Waals surface area contributed by atoms with Crippen LogP contribution in [0.3, 0.4) is 0 Å². The van der Waals surface area contributed by atoms with Gasteiger partial charge in [-0.25, -0.2) is 0 Å². The minimum Gasteiger partial charge on any atom is -0.481 e. The predicted molar refractivity (Wildman–Crippen MR) is 108 cm³/mol. The van der Waals surface area contributed by atoms with Crippen LogP contribution in [0.5, 0.6) is 5.75 Å². The number of hydrogen-bond donors (Lipinski definition) is 1. The van der Waals surface area contributed by atoms with E-state index < -0.39 is 6.10 Å². The molecule has 0 saturated carbocycles. The normalized spacial score (nSPS) is 15.0. The van der Waals surface area contributed by atoms with Gasteiger partial charge in [0.25, 0.3) is 11.8 Å². The third-order valence-corrected chi connectivity index (χ3v) is 4.95. The molecule has 3 rings (SSSR count). The molecule has 1 aliphatic rings. The average Bonchev–Trinajstić information content (AvgIpc) is 2.71. The molecule has 7 heteroatoms. The van der Waals surface area contributed by atoms with Gasteiger partial charge in [-0.3, -0.25) is 9.59 Å². The molecule has 0 aliphatic carbocycles. The fraction of sp³-hybridized carbons (Fsp3) is 0.333. The number of carbonyl (C=O) groups excluding carboxylic acids is 2. The van der Waals surface area contributed by atoms with E-state index in [-0.39, 0.29) is 11.8 Å². The summed E-state index contributed by atoms with van der Waals surface area (Å²) in [4.78, 5) is 27.1. The molecule has 0 bridgehead atoms. The molecule has 0 spiro atoms. The first-order chi connectivity index (χ1) is 13.5. The van der Waals surface area contributed by atoms with E-state index in [4.69, 9.17) is 21.1 Å². The van der Waals surface area contributed by atoms with Gasteiger partial charge in [-0.05, 0) is 49.7 Å². The van der Waals surface area contributed by atoms with E-state index in [0.29, 0.717) is 48.3 Å². The molecule has 148 valence electrons. The Morgan fingerprint density at radius 2 is 1.89 bits per heavy atom. The van der Waals surface area contributed by atoms with Gasteiger partial charge in [-0.2, -0.15) is 0 Å². The first kappa shape index (κ1) is 20.2. The van der Waals surface area contributed by atoms with Gasteiger partial charge in [-0.1, -0.05) is 23.7 Å². The summed E-state index contributed by atoms with van der Waals surface area (Å²) in [5.41, 5.74) is 1.78. The van der Waals surface area contributed by atoms with Crippen molar-refractivity contribution in [2.24, 2.45) is 0 Å². The fourth-order valence-electron chi connectivity index (χ4n) is 2.90. The minimum absolute atomic E-state index is 0.124. The maximum Gasteiger partial charge on any atom is 0.265 e. The molecular formula is C21H23ClN2O4. The van der Waals surface area contributed by atoms with E-state index in [1.165, 1.54) is 0 Å². The number of morpholine rings is 1. The number of nitrogens with zero attached hydrogens (tertiary/aromatic N) is 1. The van der Waals surface area contributed by atoms with E-state index in [0.717, 1.165) is 5.56 Å². The summed E-state index contributed by atoms with van der Waals surface area (Å²) in [7, 11) is 0. The molecule has 2 amide bonds. The van der Waals surface area contributed by atoms with Crippen molar-refractivity contribution in [1.29, 1.82) is 0 Å². The van der Waals surface area contributed by atoms with Crippen molar-refractivity contribution < 1.29 is 19.1 Å². The number of aryl methyl sites for hydroxylation is 1. The molecule has 1 fully saturated rings. The Bertz CT molecular complexity index is 865. The highest BCUT2D eigenvalue weighted by Crippen LogP contribution is 2.23. The summed E-state index contributed by atoms with van der Waals surface area (Å²) < 4.78 is 11.0. The molecule has 28 heavy (non-hydrogen) atoms. The molecule has 0 aromatic heterocycles. The molecule has 6 nitrogen and oxygen atoms in total. The Morgan fingerprint density at radius 3 is 2.61 bits per heavy atom. The van der Waals surface area contributed by atoms with Crippen LogP contribution in [0.1, 0.15) is 22.8 Å². The number of amides is 2. The van der Waals surface area contributed by atoms with Crippen LogP contribution in [-0.4, -0.2) is 49.1 Å². The molecule has 1 N–H and O–H groups in total. The van der Waals surface area contributed by atoms with E-state index >= 15 is 0 Å². The zero-order chi connectivity index (χ0) is 20.1. The maximum absolute atomic E-state index is 12.8. The van der Waals surface area contributed by atoms with Crippen molar-refractivity contribution in [1.82, 2.24) is 4.90 Å². The molecule has 1 atom stereocenters. The highest BCUT2D eigenvalue weighted by Gasteiger charge is 2.23. The Kier molecular flexibility index (Phi) is 6.54. The first-order valence-electron chi connectivity index (χ1n) is 9.15. The van der Waals surface area contributed by atoms with Crippen LogP contribution in [-0.2, 0) is 9.53 Å². The molecule has 2 aromatic rings. The van der Waals surface area contributed by atoms with Gasteiger partial charge in [0.05, 0.1) is 24.5 Å². The smallest absolute Gasteiger partial charge is 0.265 e. The van der Waals surface area contributed by atoms with E-state index in [2.05, 4.69) is 5.32 Å². The Hall–Kier alpha value is -2.57. The van der Waals surface area contributed by atoms with Crippen molar-refractivity contribution >= 4 is 29.1 Å². The number of ether oxygens (including phenoxy) is 2. The summed E-state index contributed by atoms with van der Waals surface area (Å²) in [6.45, 7) is 5.64. The quantitative estimate of drug-likeness (QED) is 0.830. The van der Waals surface area contributed by atoms with Crippen LogP contribution in [0.15, 0.2) is 42.5 Å². The van der Waals surface area contributed by atoms with Gasteiger partial charge in [-0.15, -0.1) is 0 Å². The van der Waals surface area contributed by atoms with Gasteiger partial charge in [0.15, 0.2) is 6.10 Å². The predicted octanol–water partition coefficient (Wildman–Crippen LogP) is 3.53. The number of hydrogen-bond acceptors (Lipinski definition) is 4. The van der Waals surface area contributed by atoms with Crippen LogP contribution in [0.25, 0.3) is 0 Å². The lowest BCUT2D eigenvalue weighted by Gasteiger charge is -2.27. The zero-order valence-electron chi connectivity index (χ0n) is 15.9. The number of para-hydroxylation sites is 1. The monoisotopic (exact) mass is 402 g/mol. The Labute approximate surface area is 169 Å². The second-order valence-electron chi connectivity index (χ2n) is 6.61. The highest BCUT2D eigenvalue weighted by atomic mass is 35.5. The number of benzene rings is 2.